The van der Waals surface area contributed by atoms with Crippen molar-refractivity contribution in [1.82, 2.24) is 20.6 Å². The summed E-state index contributed by atoms with van der Waals surface area (Å²) in [5, 5.41) is 14.3. The molecule has 1 heterocycles. The van der Waals surface area contributed by atoms with Gasteiger partial charge in [-0.2, -0.15) is 0 Å². The molecular weight excluding hydrogens is 248 g/mol. The molecule has 7 heteroatoms. The van der Waals surface area contributed by atoms with Crippen LogP contribution in [-0.4, -0.2) is 32.6 Å². The lowest BCUT2D eigenvalue weighted by atomic mass is 9.93. The lowest BCUT2D eigenvalue weighted by Crippen LogP contribution is -2.56. The number of urea groups is 1. The van der Waals surface area contributed by atoms with Gasteiger partial charge in [-0.3, -0.25) is 0 Å². The van der Waals surface area contributed by atoms with Gasteiger partial charge in [0.1, 0.15) is 11.9 Å². The van der Waals surface area contributed by atoms with Crippen LogP contribution in [-0.2, 0) is 11.3 Å². The zero-order valence-electron chi connectivity index (χ0n) is 11.0. The van der Waals surface area contributed by atoms with Crippen LogP contribution >= 0.6 is 0 Å². The molecule has 0 aliphatic rings. The van der Waals surface area contributed by atoms with Gasteiger partial charge >= 0.3 is 12.0 Å². The second-order valence-corrected chi connectivity index (χ2v) is 4.10. The lowest BCUT2D eigenvalue weighted by molar-refractivity contribution is -0.144. The van der Waals surface area contributed by atoms with Crippen LogP contribution in [0.25, 0.3) is 0 Å². The van der Waals surface area contributed by atoms with Crippen LogP contribution in [0, 0.1) is 0 Å². The maximum Gasteiger partial charge on any atom is 0.329 e. The molecule has 0 saturated carbocycles. The van der Waals surface area contributed by atoms with Crippen molar-refractivity contribution in [3.8, 4) is 0 Å². The molecule has 2 amide bonds. The van der Waals surface area contributed by atoms with E-state index in [9.17, 15) is 14.7 Å². The van der Waals surface area contributed by atoms with Crippen molar-refractivity contribution < 1.29 is 14.7 Å². The third-order valence-electron chi connectivity index (χ3n) is 3.04. The fraction of sp³-hybridized carbons (Fsp3) is 0.500. The zero-order valence-corrected chi connectivity index (χ0v) is 11.0. The summed E-state index contributed by atoms with van der Waals surface area (Å²) in [5.74, 6) is -1.03. The molecule has 104 valence electrons. The molecule has 3 N–H and O–H groups in total. The maximum absolute atomic E-state index is 11.7. The number of carboxylic acids is 1. The van der Waals surface area contributed by atoms with Crippen LogP contribution in [0.1, 0.15) is 32.4 Å². The fourth-order valence-corrected chi connectivity index (χ4v) is 1.64. The van der Waals surface area contributed by atoms with Crippen molar-refractivity contribution in [2.24, 2.45) is 0 Å². The van der Waals surface area contributed by atoms with E-state index in [-0.39, 0.29) is 6.54 Å². The van der Waals surface area contributed by atoms with Gasteiger partial charge < -0.3 is 15.7 Å². The molecule has 0 aliphatic carbocycles. The molecule has 0 aromatic carbocycles. The molecule has 0 aliphatic heterocycles. The van der Waals surface area contributed by atoms with E-state index in [1.807, 2.05) is 0 Å². The van der Waals surface area contributed by atoms with Crippen LogP contribution in [0.3, 0.4) is 0 Å². The lowest BCUT2D eigenvalue weighted by Gasteiger charge is -2.27. The minimum atomic E-state index is -1.23. The number of carbonyl (C=O) groups is 2. The highest BCUT2D eigenvalue weighted by atomic mass is 16.4. The number of amides is 2. The minimum Gasteiger partial charge on any atom is -0.480 e. The van der Waals surface area contributed by atoms with Crippen LogP contribution in [0.5, 0.6) is 0 Å². The number of aliphatic carboxylic acids is 1. The molecule has 0 bridgehead atoms. The van der Waals surface area contributed by atoms with E-state index in [4.69, 9.17) is 0 Å². The Morgan fingerprint density at radius 3 is 2.53 bits per heavy atom. The van der Waals surface area contributed by atoms with E-state index in [0.717, 1.165) is 0 Å². The summed E-state index contributed by atoms with van der Waals surface area (Å²) in [7, 11) is 0. The summed E-state index contributed by atoms with van der Waals surface area (Å²) in [5.41, 5.74) is -0.575. The highest BCUT2D eigenvalue weighted by Crippen LogP contribution is 2.15. The molecule has 0 unspecified atom stereocenters. The quantitative estimate of drug-likeness (QED) is 0.710. The Kier molecular flexibility index (Phi) is 5.23. The van der Waals surface area contributed by atoms with Gasteiger partial charge in [0.15, 0.2) is 0 Å². The number of aromatic nitrogens is 2. The standard InChI is InChI=1S/C12H18N4O3/c1-3-12(4-2,10(17)18)16-11(19)14-7-9-5-6-13-8-15-9/h5-6,8H,3-4,7H2,1-2H3,(H,17,18)(H2,14,16,19). The number of hydrogen-bond acceptors (Lipinski definition) is 4. The van der Waals surface area contributed by atoms with E-state index in [1.54, 1.807) is 26.1 Å². The number of carbonyl (C=O) groups excluding carboxylic acids is 1. The van der Waals surface area contributed by atoms with Crippen molar-refractivity contribution in [2.75, 3.05) is 0 Å². The second kappa shape index (κ2) is 6.67. The first-order valence-corrected chi connectivity index (χ1v) is 6.08. The van der Waals surface area contributed by atoms with Crippen LogP contribution in [0.4, 0.5) is 4.79 Å². The van der Waals surface area contributed by atoms with E-state index < -0.39 is 17.5 Å². The number of nitrogens with zero attached hydrogens (tertiary/aromatic N) is 2. The first-order chi connectivity index (χ1) is 9.04. The van der Waals surface area contributed by atoms with Gasteiger partial charge in [-0.05, 0) is 18.9 Å². The Labute approximate surface area is 111 Å². The second-order valence-electron chi connectivity index (χ2n) is 4.10. The molecule has 1 aromatic rings. The fourth-order valence-electron chi connectivity index (χ4n) is 1.64. The molecule has 7 nitrogen and oxygen atoms in total. The SMILES string of the molecule is CCC(CC)(NC(=O)NCc1ccncn1)C(=O)O. The largest absolute Gasteiger partial charge is 0.480 e. The summed E-state index contributed by atoms with van der Waals surface area (Å²) >= 11 is 0. The molecule has 0 atom stereocenters. The summed E-state index contributed by atoms with van der Waals surface area (Å²) in [6.45, 7) is 3.67. The number of rotatable bonds is 6. The number of nitrogens with one attached hydrogen (secondary N) is 2. The van der Waals surface area contributed by atoms with Gasteiger partial charge in [0.2, 0.25) is 0 Å². The summed E-state index contributed by atoms with van der Waals surface area (Å²) < 4.78 is 0. The van der Waals surface area contributed by atoms with Crippen molar-refractivity contribution in [1.29, 1.82) is 0 Å². The van der Waals surface area contributed by atoms with Crippen molar-refractivity contribution in [3.63, 3.8) is 0 Å². The van der Waals surface area contributed by atoms with Crippen LogP contribution in [0.2, 0.25) is 0 Å². The summed E-state index contributed by atoms with van der Waals surface area (Å²) in [6.07, 6.45) is 3.59. The molecule has 0 fully saturated rings. The predicted molar refractivity (Wildman–Crippen MR) is 68.4 cm³/mol. The highest BCUT2D eigenvalue weighted by Gasteiger charge is 2.36. The van der Waals surface area contributed by atoms with Crippen LogP contribution in [0.15, 0.2) is 18.6 Å². The van der Waals surface area contributed by atoms with E-state index in [1.165, 1.54) is 6.33 Å². The highest BCUT2D eigenvalue weighted by molar-refractivity contribution is 5.86. The summed E-state index contributed by atoms with van der Waals surface area (Å²) in [6, 6.07) is 1.15. The Bertz CT molecular complexity index is 432. The van der Waals surface area contributed by atoms with Crippen molar-refractivity contribution in [2.45, 2.75) is 38.8 Å². The Morgan fingerprint density at radius 2 is 2.05 bits per heavy atom. The predicted octanol–water partition coefficient (Wildman–Crippen LogP) is 0.919. The summed E-state index contributed by atoms with van der Waals surface area (Å²) in [4.78, 5) is 30.7. The number of carboxylic acid groups (broad SMARTS) is 1. The Hall–Kier alpha value is -2.18. The van der Waals surface area contributed by atoms with Gasteiger partial charge in [-0.15, -0.1) is 0 Å². The first-order valence-electron chi connectivity index (χ1n) is 6.08. The molecule has 1 rings (SSSR count). The maximum atomic E-state index is 11.7. The van der Waals surface area contributed by atoms with Crippen molar-refractivity contribution >= 4 is 12.0 Å². The Balaban J connectivity index is 2.57. The van der Waals surface area contributed by atoms with E-state index in [2.05, 4.69) is 20.6 Å². The van der Waals surface area contributed by atoms with Gasteiger partial charge in [0.25, 0.3) is 0 Å². The first kappa shape index (κ1) is 14.9. The minimum absolute atomic E-state index is 0.220. The normalized spacial score (nSPS) is 10.8. The monoisotopic (exact) mass is 266 g/mol. The van der Waals surface area contributed by atoms with Gasteiger partial charge in [0.05, 0.1) is 12.2 Å². The zero-order chi connectivity index (χ0) is 14.3. The number of hydrogen-bond donors (Lipinski definition) is 3. The Morgan fingerprint density at radius 1 is 1.37 bits per heavy atom. The molecule has 0 saturated heterocycles. The average Bonchev–Trinajstić information content (AvgIpc) is 2.43. The molecule has 0 radical (unpaired) electrons. The average molecular weight is 266 g/mol. The van der Waals surface area contributed by atoms with Crippen molar-refractivity contribution in [3.05, 3.63) is 24.3 Å². The van der Waals surface area contributed by atoms with Crippen LogP contribution < -0.4 is 10.6 Å². The van der Waals surface area contributed by atoms with Gasteiger partial charge in [-0.1, -0.05) is 13.8 Å². The molecule has 19 heavy (non-hydrogen) atoms. The third-order valence-corrected chi connectivity index (χ3v) is 3.04. The topological polar surface area (TPSA) is 104 Å². The smallest absolute Gasteiger partial charge is 0.329 e. The van der Waals surface area contributed by atoms with Gasteiger partial charge in [-0.25, -0.2) is 19.6 Å². The van der Waals surface area contributed by atoms with E-state index >= 15 is 0 Å². The van der Waals surface area contributed by atoms with Gasteiger partial charge in [0, 0.05) is 6.20 Å². The molecular formula is C12H18N4O3. The third kappa shape index (κ3) is 3.90. The molecule has 1 aromatic heterocycles. The van der Waals surface area contributed by atoms with E-state index in [0.29, 0.717) is 18.5 Å². The molecule has 0 spiro atoms.